The summed E-state index contributed by atoms with van der Waals surface area (Å²) in [6, 6.07) is 10.7. The van der Waals surface area contributed by atoms with Crippen LogP contribution in [0.25, 0.3) is 5.76 Å². The largest absolute Gasteiger partial charge is 0.507 e. The lowest BCUT2D eigenvalue weighted by atomic mass is 10.2. The van der Waals surface area contributed by atoms with Crippen molar-refractivity contribution in [3.05, 3.63) is 69.6 Å². The van der Waals surface area contributed by atoms with E-state index in [1.165, 1.54) is 49.6 Å². The van der Waals surface area contributed by atoms with Crippen molar-refractivity contribution in [1.82, 2.24) is 0 Å². The first-order valence-electron chi connectivity index (χ1n) is 6.38. The Kier molecular flexibility index (Phi) is 4.65. The second-order valence-electron chi connectivity index (χ2n) is 4.53. The van der Waals surface area contributed by atoms with Crippen LogP contribution in [0.4, 0.5) is 5.69 Å². The number of non-ortho nitro benzene ring substituents is 1. The van der Waals surface area contributed by atoms with Crippen molar-refractivity contribution < 1.29 is 23.2 Å². The standard InChI is InChI=1S/C15H13NO6S/c1-22-13-5-7-14(8-6-13)23(20,21)10-15(17)11-3-2-4-12(9-11)16(18)19/h2-10,17H,1H3/b15-10-. The number of hydrogen-bond donors (Lipinski definition) is 1. The molecule has 120 valence electrons. The van der Waals surface area contributed by atoms with Crippen LogP contribution in [-0.2, 0) is 9.84 Å². The van der Waals surface area contributed by atoms with Gasteiger partial charge in [-0.15, -0.1) is 0 Å². The maximum absolute atomic E-state index is 12.2. The molecule has 1 N–H and O–H groups in total. The first kappa shape index (κ1) is 16.5. The quantitative estimate of drug-likeness (QED) is 0.511. The zero-order valence-corrected chi connectivity index (χ0v) is 12.9. The lowest BCUT2D eigenvalue weighted by Gasteiger charge is -2.04. The van der Waals surface area contributed by atoms with E-state index in [9.17, 15) is 23.6 Å². The van der Waals surface area contributed by atoms with Crippen molar-refractivity contribution in [3.63, 3.8) is 0 Å². The number of nitro groups is 1. The number of rotatable bonds is 5. The molecule has 7 nitrogen and oxygen atoms in total. The van der Waals surface area contributed by atoms with E-state index in [-0.39, 0.29) is 16.1 Å². The van der Waals surface area contributed by atoms with Gasteiger partial charge in [0.25, 0.3) is 5.69 Å². The van der Waals surface area contributed by atoms with Gasteiger partial charge in [0.2, 0.25) is 9.84 Å². The molecule has 0 bridgehead atoms. The minimum atomic E-state index is -3.90. The molecular weight excluding hydrogens is 322 g/mol. The molecule has 23 heavy (non-hydrogen) atoms. The van der Waals surface area contributed by atoms with Crippen LogP contribution in [0.15, 0.2) is 58.8 Å². The molecule has 0 amide bonds. The zero-order chi connectivity index (χ0) is 17.0. The van der Waals surface area contributed by atoms with Gasteiger partial charge < -0.3 is 9.84 Å². The summed E-state index contributed by atoms with van der Waals surface area (Å²) in [5.41, 5.74) is -0.208. The van der Waals surface area contributed by atoms with Gasteiger partial charge in [-0.05, 0) is 24.3 Å². The molecule has 0 atom stereocenters. The average Bonchev–Trinajstić information content (AvgIpc) is 2.54. The summed E-state index contributed by atoms with van der Waals surface area (Å²) in [5.74, 6) is -0.0830. The third kappa shape index (κ3) is 3.86. The van der Waals surface area contributed by atoms with Gasteiger partial charge in [0.1, 0.15) is 11.5 Å². The number of aliphatic hydroxyl groups is 1. The molecule has 0 aliphatic heterocycles. The summed E-state index contributed by atoms with van der Waals surface area (Å²) in [6.45, 7) is 0. The van der Waals surface area contributed by atoms with Crippen LogP contribution in [0.1, 0.15) is 5.56 Å². The molecule has 8 heteroatoms. The predicted octanol–water partition coefficient (Wildman–Crippen LogP) is 2.93. The lowest BCUT2D eigenvalue weighted by molar-refractivity contribution is -0.384. The van der Waals surface area contributed by atoms with Crippen molar-refractivity contribution in [2.45, 2.75) is 4.90 Å². The Morgan fingerprint density at radius 1 is 1.22 bits per heavy atom. The SMILES string of the molecule is COc1ccc(S(=O)(=O)/C=C(\O)c2cccc([N+](=O)[O-])c2)cc1. The number of sulfone groups is 1. The van der Waals surface area contributed by atoms with Crippen LogP contribution in [0.3, 0.4) is 0 Å². The molecule has 2 aromatic carbocycles. The summed E-state index contributed by atoms with van der Waals surface area (Å²) in [7, 11) is -2.45. The summed E-state index contributed by atoms with van der Waals surface area (Å²) in [4.78, 5) is 10.1. The van der Waals surface area contributed by atoms with E-state index in [1.807, 2.05) is 0 Å². The summed E-state index contributed by atoms with van der Waals surface area (Å²) >= 11 is 0. The van der Waals surface area contributed by atoms with Gasteiger partial charge >= 0.3 is 0 Å². The van der Waals surface area contributed by atoms with E-state index in [2.05, 4.69) is 0 Å². The van der Waals surface area contributed by atoms with E-state index in [0.29, 0.717) is 11.2 Å². The highest BCUT2D eigenvalue weighted by atomic mass is 32.2. The Bertz CT molecular complexity index is 856. The average molecular weight is 335 g/mol. The summed E-state index contributed by atoms with van der Waals surface area (Å²) < 4.78 is 29.4. The van der Waals surface area contributed by atoms with Crippen LogP contribution >= 0.6 is 0 Å². The Labute approximate surface area is 132 Å². The molecule has 0 spiro atoms. The molecule has 0 aliphatic rings. The normalized spacial score (nSPS) is 12.0. The fourth-order valence-corrected chi connectivity index (χ4v) is 2.91. The first-order valence-corrected chi connectivity index (χ1v) is 7.93. The van der Waals surface area contributed by atoms with Gasteiger partial charge in [-0.3, -0.25) is 10.1 Å². The Balaban J connectivity index is 2.38. The van der Waals surface area contributed by atoms with Gasteiger partial charge in [-0.1, -0.05) is 12.1 Å². The minimum absolute atomic E-state index is 0.0321. The van der Waals surface area contributed by atoms with Crippen LogP contribution in [0, 0.1) is 10.1 Å². The Morgan fingerprint density at radius 2 is 1.87 bits per heavy atom. The highest BCUT2D eigenvalue weighted by molar-refractivity contribution is 7.94. The predicted molar refractivity (Wildman–Crippen MR) is 83.9 cm³/mol. The van der Waals surface area contributed by atoms with Crippen LogP contribution in [-0.4, -0.2) is 25.6 Å². The van der Waals surface area contributed by atoms with Gasteiger partial charge in [-0.25, -0.2) is 8.42 Å². The molecule has 0 radical (unpaired) electrons. The molecule has 0 unspecified atom stereocenters. The third-order valence-corrected chi connectivity index (χ3v) is 4.47. The van der Waals surface area contributed by atoms with Crippen LogP contribution in [0.5, 0.6) is 5.75 Å². The smallest absolute Gasteiger partial charge is 0.270 e. The van der Waals surface area contributed by atoms with Gasteiger partial charge in [-0.2, -0.15) is 0 Å². The van der Waals surface area contributed by atoms with E-state index >= 15 is 0 Å². The van der Waals surface area contributed by atoms with E-state index in [0.717, 1.165) is 6.07 Å². The molecule has 0 fully saturated rings. The molecule has 2 aromatic rings. The van der Waals surface area contributed by atoms with Crippen molar-refractivity contribution in [2.75, 3.05) is 7.11 Å². The van der Waals surface area contributed by atoms with E-state index in [1.54, 1.807) is 0 Å². The summed E-state index contributed by atoms with van der Waals surface area (Å²) in [6.07, 6.45) is 0. The van der Waals surface area contributed by atoms with E-state index in [4.69, 9.17) is 4.74 Å². The van der Waals surface area contributed by atoms with Gasteiger partial charge in [0.05, 0.1) is 22.3 Å². The van der Waals surface area contributed by atoms with E-state index < -0.39 is 20.5 Å². The molecule has 0 aromatic heterocycles. The molecule has 0 saturated heterocycles. The Hall–Kier alpha value is -2.87. The zero-order valence-electron chi connectivity index (χ0n) is 12.0. The van der Waals surface area contributed by atoms with Crippen molar-refractivity contribution >= 4 is 21.3 Å². The number of nitrogens with zero attached hydrogens (tertiary/aromatic N) is 1. The molecule has 0 heterocycles. The Morgan fingerprint density at radius 3 is 2.43 bits per heavy atom. The third-order valence-electron chi connectivity index (χ3n) is 3.01. The molecule has 2 rings (SSSR count). The fourth-order valence-electron chi connectivity index (χ4n) is 1.83. The molecular formula is C15H13NO6S. The number of methoxy groups -OCH3 is 1. The number of ether oxygens (including phenoxy) is 1. The first-order chi connectivity index (χ1) is 10.8. The maximum atomic E-state index is 12.2. The maximum Gasteiger partial charge on any atom is 0.270 e. The van der Waals surface area contributed by atoms with Crippen LogP contribution < -0.4 is 4.74 Å². The topological polar surface area (TPSA) is 107 Å². The minimum Gasteiger partial charge on any atom is -0.507 e. The summed E-state index contributed by atoms with van der Waals surface area (Å²) in [5, 5.41) is 21.3. The second-order valence-corrected chi connectivity index (χ2v) is 6.33. The molecule has 0 aliphatic carbocycles. The highest BCUT2D eigenvalue weighted by Crippen LogP contribution is 2.23. The lowest BCUT2D eigenvalue weighted by Crippen LogP contribution is -1.99. The van der Waals surface area contributed by atoms with Gasteiger partial charge in [0.15, 0.2) is 0 Å². The number of aliphatic hydroxyl groups excluding tert-OH is 1. The number of benzene rings is 2. The van der Waals surface area contributed by atoms with Crippen molar-refractivity contribution in [2.24, 2.45) is 0 Å². The molecule has 0 saturated carbocycles. The second kappa shape index (κ2) is 6.49. The number of nitro benzene ring substituents is 1. The monoisotopic (exact) mass is 335 g/mol. The number of hydrogen-bond acceptors (Lipinski definition) is 6. The fraction of sp³-hybridized carbons (Fsp3) is 0.0667. The van der Waals surface area contributed by atoms with Gasteiger partial charge in [0, 0.05) is 17.7 Å². The van der Waals surface area contributed by atoms with Crippen LogP contribution in [0.2, 0.25) is 0 Å². The van der Waals surface area contributed by atoms with Crippen molar-refractivity contribution in [3.8, 4) is 5.75 Å². The highest BCUT2D eigenvalue weighted by Gasteiger charge is 2.15. The van der Waals surface area contributed by atoms with Crippen molar-refractivity contribution in [1.29, 1.82) is 0 Å².